The highest BCUT2D eigenvalue weighted by Crippen LogP contribution is 2.03. The molecule has 0 spiro atoms. The smallest absolute Gasteiger partial charge is 0.191 e. The van der Waals surface area contributed by atoms with Gasteiger partial charge in [-0.15, -0.1) is 0 Å². The van der Waals surface area contributed by atoms with Gasteiger partial charge in [-0.3, -0.25) is 9.89 Å². The van der Waals surface area contributed by atoms with Crippen molar-refractivity contribution in [3.8, 4) is 0 Å². The topological polar surface area (TPSA) is 61.4 Å². The maximum absolute atomic E-state index is 5.41. The molecule has 142 valence electrons. The van der Waals surface area contributed by atoms with Crippen LogP contribution in [0.25, 0.3) is 0 Å². The summed E-state index contributed by atoms with van der Waals surface area (Å²) in [5.74, 6) is 0.914. The standard InChI is InChI=1S/C17H37N5O2/c1-5-18-17(19-7-6-8-21(3)9-12-23-4)20-15-16(2)22-10-13-24-14-11-22/h16H,5-15H2,1-4H3,(H2,18,19,20). The van der Waals surface area contributed by atoms with Crippen LogP contribution in [-0.4, -0.2) is 102 Å². The van der Waals surface area contributed by atoms with Crippen LogP contribution >= 0.6 is 0 Å². The third-order valence-electron chi connectivity index (χ3n) is 4.21. The summed E-state index contributed by atoms with van der Waals surface area (Å²) in [5.41, 5.74) is 0. The van der Waals surface area contributed by atoms with E-state index in [1.54, 1.807) is 7.11 Å². The SMILES string of the molecule is CCNC(=NCC(C)N1CCOCC1)NCCCN(C)CCOC. The van der Waals surface area contributed by atoms with Crippen molar-refractivity contribution in [3.63, 3.8) is 0 Å². The normalized spacial score (nSPS) is 18.0. The van der Waals surface area contributed by atoms with Crippen LogP contribution in [0.4, 0.5) is 0 Å². The number of hydrogen-bond acceptors (Lipinski definition) is 5. The third-order valence-corrected chi connectivity index (χ3v) is 4.21. The van der Waals surface area contributed by atoms with E-state index < -0.39 is 0 Å². The molecule has 1 heterocycles. The Kier molecular flexibility index (Phi) is 11.8. The lowest BCUT2D eigenvalue weighted by Gasteiger charge is -2.31. The Balaban J connectivity index is 2.26. The van der Waals surface area contributed by atoms with E-state index in [0.29, 0.717) is 6.04 Å². The molecule has 0 bridgehead atoms. The van der Waals surface area contributed by atoms with E-state index >= 15 is 0 Å². The fourth-order valence-corrected chi connectivity index (χ4v) is 2.61. The van der Waals surface area contributed by atoms with E-state index in [-0.39, 0.29) is 0 Å². The van der Waals surface area contributed by atoms with E-state index in [0.717, 1.165) is 78.0 Å². The molecule has 1 aliphatic rings. The Hall–Kier alpha value is -0.890. The van der Waals surface area contributed by atoms with Gasteiger partial charge in [-0.2, -0.15) is 0 Å². The van der Waals surface area contributed by atoms with Crippen LogP contribution in [0.15, 0.2) is 4.99 Å². The summed E-state index contributed by atoms with van der Waals surface area (Å²) in [6.45, 7) is 13.5. The van der Waals surface area contributed by atoms with Crippen LogP contribution in [0.1, 0.15) is 20.3 Å². The van der Waals surface area contributed by atoms with Gasteiger partial charge in [0.2, 0.25) is 0 Å². The van der Waals surface area contributed by atoms with Gasteiger partial charge in [0.05, 0.1) is 26.4 Å². The minimum atomic E-state index is 0.449. The number of aliphatic imine (C=N–C) groups is 1. The first-order chi connectivity index (χ1) is 11.7. The molecule has 2 N–H and O–H groups in total. The number of ether oxygens (including phenoxy) is 2. The fraction of sp³-hybridized carbons (Fsp3) is 0.941. The summed E-state index contributed by atoms with van der Waals surface area (Å²) in [6.07, 6.45) is 1.09. The summed E-state index contributed by atoms with van der Waals surface area (Å²) in [5, 5.41) is 6.75. The van der Waals surface area contributed by atoms with Gasteiger partial charge in [0.15, 0.2) is 5.96 Å². The molecule has 1 fully saturated rings. The average Bonchev–Trinajstić information content (AvgIpc) is 2.61. The first kappa shape index (κ1) is 21.2. The quantitative estimate of drug-likeness (QED) is 0.318. The van der Waals surface area contributed by atoms with Crippen molar-refractivity contribution in [3.05, 3.63) is 0 Å². The van der Waals surface area contributed by atoms with Crippen molar-refractivity contribution in [1.29, 1.82) is 0 Å². The lowest BCUT2D eigenvalue weighted by molar-refractivity contribution is 0.0220. The summed E-state index contributed by atoms with van der Waals surface area (Å²) < 4.78 is 10.5. The third kappa shape index (κ3) is 9.42. The second-order valence-corrected chi connectivity index (χ2v) is 6.29. The fourth-order valence-electron chi connectivity index (χ4n) is 2.61. The van der Waals surface area contributed by atoms with Gasteiger partial charge >= 0.3 is 0 Å². The molecule has 0 aromatic carbocycles. The predicted octanol–water partition coefficient (Wildman–Crippen LogP) is 0.231. The summed E-state index contributed by atoms with van der Waals surface area (Å²) in [6, 6.07) is 0.449. The number of rotatable bonds is 11. The molecule has 0 amide bonds. The molecule has 1 atom stereocenters. The molecule has 7 heteroatoms. The maximum atomic E-state index is 5.41. The first-order valence-corrected chi connectivity index (χ1v) is 9.18. The highest BCUT2D eigenvalue weighted by atomic mass is 16.5. The maximum Gasteiger partial charge on any atom is 0.191 e. The minimum Gasteiger partial charge on any atom is -0.383 e. The van der Waals surface area contributed by atoms with Crippen LogP contribution in [0.3, 0.4) is 0 Å². The van der Waals surface area contributed by atoms with Gasteiger partial charge in [0.25, 0.3) is 0 Å². The highest BCUT2D eigenvalue weighted by molar-refractivity contribution is 5.79. The van der Waals surface area contributed by atoms with Crippen molar-refractivity contribution in [2.24, 2.45) is 4.99 Å². The van der Waals surface area contributed by atoms with Gasteiger partial charge in [0, 0.05) is 45.9 Å². The van der Waals surface area contributed by atoms with Crippen molar-refractivity contribution >= 4 is 5.96 Å². The van der Waals surface area contributed by atoms with E-state index in [9.17, 15) is 0 Å². The molecule has 0 aliphatic carbocycles. The monoisotopic (exact) mass is 343 g/mol. The molecule has 0 radical (unpaired) electrons. The van der Waals surface area contributed by atoms with Gasteiger partial charge in [-0.1, -0.05) is 0 Å². The molecule has 24 heavy (non-hydrogen) atoms. The lowest BCUT2D eigenvalue weighted by atomic mass is 10.2. The van der Waals surface area contributed by atoms with E-state index in [4.69, 9.17) is 14.5 Å². The van der Waals surface area contributed by atoms with Crippen LogP contribution in [-0.2, 0) is 9.47 Å². The Labute approximate surface area is 147 Å². The van der Waals surface area contributed by atoms with Gasteiger partial charge in [-0.05, 0) is 33.9 Å². The largest absolute Gasteiger partial charge is 0.383 e. The Morgan fingerprint density at radius 3 is 2.71 bits per heavy atom. The number of morpholine rings is 1. The Morgan fingerprint density at radius 2 is 2.04 bits per heavy atom. The molecule has 1 aliphatic heterocycles. The van der Waals surface area contributed by atoms with Crippen molar-refractivity contribution in [2.45, 2.75) is 26.3 Å². The van der Waals surface area contributed by atoms with Crippen LogP contribution < -0.4 is 10.6 Å². The zero-order chi connectivity index (χ0) is 17.6. The molecule has 0 aromatic heterocycles. The summed E-state index contributed by atoms with van der Waals surface area (Å²) in [4.78, 5) is 9.47. The zero-order valence-electron chi connectivity index (χ0n) is 16.0. The highest BCUT2D eigenvalue weighted by Gasteiger charge is 2.16. The van der Waals surface area contributed by atoms with Gasteiger partial charge < -0.3 is 25.0 Å². The Bertz CT molecular complexity index is 335. The molecule has 1 saturated heterocycles. The van der Waals surface area contributed by atoms with E-state index in [1.165, 1.54) is 0 Å². The second kappa shape index (κ2) is 13.4. The molecule has 1 unspecified atom stereocenters. The van der Waals surface area contributed by atoms with E-state index in [2.05, 4.69) is 41.3 Å². The summed E-state index contributed by atoms with van der Waals surface area (Å²) in [7, 11) is 3.87. The molecule has 7 nitrogen and oxygen atoms in total. The molecular weight excluding hydrogens is 306 g/mol. The number of nitrogens with one attached hydrogen (secondary N) is 2. The number of guanidine groups is 1. The van der Waals surface area contributed by atoms with Gasteiger partial charge in [-0.25, -0.2) is 0 Å². The molecule has 1 rings (SSSR count). The van der Waals surface area contributed by atoms with Crippen molar-refractivity contribution < 1.29 is 9.47 Å². The second-order valence-electron chi connectivity index (χ2n) is 6.29. The van der Waals surface area contributed by atoms with Crippen LogP contribution in [0.5, 0.6) is 0 Å². The van der Waals surface area contributed by atoms with Crippen LogP contribution in [0.2, 0.25) is 0 Å². The number of likely N-dealkylation sites (N-methyl/N-ethyl adjacent to an activating group) is 1. The number of methoxy groups -OCH3 is 1. The number of hydrogen-bond donors (Lipinski definition) is 2. The molecule has 0 saturated carbocycles. The molecule has 0 aromatic rings. The van der Waals surface area contributed by atoms with Gasteiger partial charge in [0.1, 0.15) is 0 Å². The minimum absolute atomic E-state index is 0.449. The van der Waals surface area contributed by atoms with E-state index in [1.807, 2.05) is 0 Å². The van der Waals surface area contributed by atoms with Crippen molar-refractivity contribution in [2.75, 3.05) is 79.8 Å². The zero-order valence-corrected chi connectivity index (χ0v) is 16.0. The number of nitrogens with zero attached hydrogens (tertiary/aromatic N) is 3. The Morgan fingerprint density at radius 1 is 1.29 bits per heavy atom. The predicted molar refractivity (Wildman–Crippen MR) is 99.8 cm³/mol. The summed E-state index contributed by atoms with van der Waals surface area (Å²) >= 11 is 0. The first-order valence-electron chi connectivity index (χ1n) is 9.18. The lowest BCUT2D eigenvalue weighted by Crippen LogP contribution is -2.44. The van der Waals surface area contributed by atoms with Crippen molar-refractivity contribution in [1.82, 2.24) is 20.4 Å². The van der Waals surface area contributed by atoms with Crippen LogP contribution in [0, 0.1) is 0 Å². The average molecular weight is 344 g/mol. The molecular formula is C17H37N5O2.